The average Bonchev–Trinajstić information content (AvgIpc) is 2.77. The van der Waals surface area contributed by atoms with Gasteiger partial charge in [0.2, 0.25) is 11.8 Å². The molecule has 0 aliphatic carbocycles. The Morgan fingerprint density at radius 3 is 2.55 bits per heavy atom. The molecule has 2 fully saturated rings. The molecule has 0 radical (unpaired) electrons. The smallest absolute Gasteiger partial charge is 0.222 e. The molecule has 2 aliphatic rings. The number of halogens is 1. The van der Waals surface area contributed by atoms with Gasteiger partial charge in [0.05, 0.1) is 13.2 Å². The fraction of sp³-hybridized carbons (Fsp3) is 0.652. The number of morpholine rings is 1. The molecule has 2 aliphatic heterocycles. The van der Waals surface area contributed by atoms with E-state index in [0.29, 0.717) is 32.5 Å². The molecule has 0 saturated carbocycles. The summed E-state index contributed by atoms with van der Waals surface area (Å²) in [4.78, 5) is 31.4. The van der Waals surface area contributed by atoms with Crippen LogP contribution in [0.3, 0.4) is 0 Å². The molecule has 8 heteroatoms. The molecule has 0 bridgehead atoms. The Morgan fingerprint density at radius 2 is 1.84 bits per heavy atom. The molecule has 3 rings (SSSR count). The fourth-order valence-corrected chi connectivity index (χ4v) is 4.31. The molecule has 7 nitrogen and oxygen atoms in total. The van der Waals surface area contributed by atoms with Gasteiger partial charge in [-0.1, -0.05) is 24.6 Å². The molecule has 1 atom stereocenters. The van der Waals surface area contributed by atoms with Crippen molar-refractivity contribution in [3.8, 4) is 0 Å². The van der Waals surface area contributed by atoms with Crippen molar-refractivity contribution in [1.82, 2.24) is 15.1 Å². The number of hydrogen-bond donors (Lipinski definition) is 1. The van der Waals surface area contributed by atoms with Crippen LogP contribution in [-0.2, 0) is 14.3 Å². The summed E-state index contributed by atoms with van der Waals surface area (Å²) < 4.78 is 5.34. The second-order valence-electron chi connectivity index (χ2n) is 8.52. The maximum atomic E-state index is 12.7. The number of nitrogens with zero attached hydrogens (tertiary/aromatic N) is 3. The van der Waals surface area contributed by atoms with Crippen molar-refractivity contribution in [3.63, 3.8) is 0 Å². The largest absolute Gasteiger partial charge is 0.379 e. The third-order valence-electron chi connectivity index (χ3n) is 5.94. The number of amides is 2. The molecule has 31 heavy (non-hydrogen) atoms. The quantitative estimate of drug-likeness (QED) is 0.584. The van der Waals surface area contributed by atoms with E-state index < -0.39 is 0 Å². The maximum absolute atomic E-state index is 12.7. The predicted octanol–water partition coefficient (Wildman–Crippen LogP) is 2.24. The van der Waals surface area contributed by atoms with Crippen LogP contribution in [0.2, 0.25) is 5.02 Å². The van der Waals surface area contributed by atoms with E-state index in [1.165, 1.54) is 0 Å². The van der Waals surface area contributed by atoms with E-state index in [2.05, 4.69) is 15.1 Å². The molecule has 0 unspecified atom stereocenters. The lowest BCUT2D eigenvalue weighted by molar-refractivity contribution is -0.132. The van der Waals surface area contributed by atoms with Crippen LogP contribution in [0.5, 0.6) is 0 Å². The number of nitrogens with one attached hydrogen (secondary N) is 1. The Kier molecular flexibility index (Phi) is 9.43. The third kappa shape index (κ3) is 7.98. The average molecular weight is 451 g/mol. The first-order valence-corrected chi connectivity index (χ1v) is 11.7. The minimum Gasteiger partial charge on any atom is -0.379 e. The summed E-state index contributed by atoms with van der Waals surface area (Å²) in [5.41, 5.74) is 1.10. The van der Waals surface area contributed by atoms with Crippen molar-refractivity contribution in [1.29, 1.82) is 0 Å². The topological polar surface area (TPSA) is 65.1 Å². The van der Waals surface area contributed by atoms with Gasteiger partial charge in [0.1, 0.15) is 0 Å². The Labute approximate surface area is 190 Å². The van der Waals surface area contributed by atoms with Gasteiger partial charge in [-0.05, 0) is 37.1 Å². The first kappa shape index (κ1) is 23.8. The molecular weight excluding hydrogens is 416 g/mol. The summed E-state index contributed by atoms with van der Waals surface area (Å²) in [7, 11) is 0. The molecule has 172 valence electrons. The van der Waals surface area contributed by atoms with Gasteiger partial charge >= 0.3 is 0 Å². The van der Waals surface area contributed by atoms with E-state index in [9.17, 15) is 9.59 Å². The number of rotatable bonds is 9. The Bertz CT molecular complexity index is 719. The van der Waals surface area contributed by atoms with Crippen molar-refractivity contribution in [2.24, 2.45) is 5.92 Å². The fourth-order valence-electron chi connectivity index (χ4n) is 4.13. The standard InChI is InChI=1S/C23H35ClN4O3/c1-19(16-22(29)25-6-3-7-26-12-14-31-15-13-26)17-23(30)28-10-8-27(9-11-28)21-5-2-4-20(24)18-21/h2,4-5,18-19H,3,6-17H2,1H3,(H,25,29)/t19-/m0/s1. The van der Waals surface area contributed by atoms with Gasteiger partial charge in [0.25, 0.3) is 0 Å². The van der Waals surface area contributed by atoms with Crippen molar-refractivity contribution < 1.29 is 14.3 Å². The highest BCUT2D eigenvalue weighted by molar-refractivity contribution is 6.30. The van der Waals surface area contributed by atoms with E-state index in [1.807, 2.05) is 36.1 Å². The lowest BCUT2D eigenvalue weighted by Gasteiger charge is -2.36. The first-order chi connectivity index (χ1) is 15.0. The van der Waals surface area contributed by atoms with Crippen molar-refractivity contribution in [2.75, 3.05) is 70.5 Å². The number of carbonyl (C=O) groups excluding carboxylic acids is 2. The molecular formula is C23H35ClN4O3. The zero-order valence-electron chi connectivity index (χ0n) is 18.5. The number of ether oxygens (including phenoxy) is 1. The highest BCUT2D eigenvalue weighted by atomic mass is 35.5. The van der Waals surface area contributed by atoms with E-state index in [-0.39, 0.29) is 17.7 Å². The lowest BCUT2D eigenvalue weighted by atomic mass is 10.0. The number of anilines is 1. The lowest BCUT2D eigenvalue weighted by Crippen LogP contribution is -2.49. The van der Waals surface area contributed by atoms with Crippen LogP contribution in [-0.4, -0.2) is 87.2 Å². The van der Waals surface area contributed by atoms with Gasteiger partial charge in [0, 0.05) is 69.4 Å². The Morgan fingerprint density at radius 1 is 1.10 bits per heavy atom. The van der Waals surface area contributed by atoms with Crippen molar-refractivity contribution >= 4 is 29.1 Å². The molecule has 2 saturated heterocycles. The highest BCUT2D eigenvalue weighted by Crippen LogP contribution is 2.21. The van der Waals surface area contributed by atoms with Gasteiger partial charge in [-0.3, -0.25) is 14.5 Å². The summed E-state index contributed by atoms with van der Waals surface area (Å²) in [5.74, 6) is 0.212. The Balaban J connectivity index is 1.29. The van der Waals surface area contributed by atoms with Gasteiger partial charge < -0.3 is 19.9 Å². The van der Waals surface area contributed by atoms with Crippen LogP contribution in [0.1, 0.15) is 26.2 Å². The van der Waals surface area contributed by atoms with Crippen LogP contribution in [0.15, 0.2) is 24.3 Å². The van der Waals surface area contributed by atoms with Gasteiger partial charge in [-0.2, -0.15) is 0 Å². The second-order valence-corrected chi connectivity index (χ2v) is 8.96. The SMILES string of the molecule is C[C@@H](CC(=O)NCCCN1CCOCC1)CC(=O)N1CCN(c2cccc(Cl)c2)CC1. The predicted molar refractivity (Wildman–Crippen MR) is 124 cm³/mol. The van der Waals surface area contributed by atoms with E-state index in [0.717, 1.165) is 63.1 Å². The minimum absolute atomic E-state index is 0.0352. The number of carbonyl (C=O) groups is 2. The van der Waals surface area contributed by atoms with Crippen LogP contribution in [0.25, 0.3) is 0 Å². The van der Waals surface area contributed by atoms with Crippen molar-refractivity contribution in [2.45, 2.75) is 26.2 Å². The van der Waals surface area contributed by atoms with Gasteiger partial charge in [0.15, 0.2) is 0 Å². The molecule has 1 aromatic carbocycles. The molecule has 0 aromatic heterocycles. The first-order valence-electron chi connectivity index (χ1n) is 11.4. The molecule has 0 spiro atoms. The molecule has 2 heterocycles. The minimum atomic E-state index is 0.0352. The van der Waals surface area contributed by atoms with Gasteiger partial charge in [-0.15, -0.1) is 0 Å². The van der Waals surface area contributed by atoms with E-state index >= 15 is 0 Å². The van der Waals surface area contributed by atoms with Gasteiger partial charge in [-0.25, -0.2) is 0 Å². The van der Waals surface area contributed by atoms with Crippen molar-refractivity contribution in [3.05, 3.63) is 29.3 Å². The zero-order chi connectivity index (χ0) is 22.1. The normalized spacial score (nSPS) is 18.6. The highest BCUT2D eigenvalue weighted by Gasteiger charge is 2.23. The van der Waals surface area contributed by atoms with Crippen LogP contribution in [0.4, 0.5) is 5.69 Å². The molecule has 1 aromatic rings. The van der Waals surface area contributed by atoms with E-state index in [4.69, 9.17) is 16.3 Å². The van der Waals surface area contributed by atoms with Crippen LogP contribution in [0, 0.1) is 5.92 Å². The van der Waals surface area contributed by atoms with E-state index in [1.54, 1.807) is 0 Å². The zero-order valence-corrected chi connectivity index (χ0v) is 19.3. The molecule has 2 amide bonds. The summed E-state index contributed by atoms with van der Waals surface area (Å²) in [6.45, 7) is 10.2. The van der Waals surface area contributed by atoms with Crippen LogP contribution >= 0.6 is 11.6 Å². The number of hydrogen-bond acceptors (Lipinski definition) is 5. The maximum Gasteiger partial charge on any atom is 0.222 e. The number of benzene rings is 1. The third-order valence-corrected chi connectivity index (χ3v) is 6.17. The van der Waals surface area contributed by atoms with Crippen LogP contribution < -0.4 is 10.2 Å². The summed E-state index contributed by atoms with van der Waals surface area (Å²) in [6.07, 6.45) is 1.75. The summed E-state index contributed by atoms with van der Waals surface area (Å²) in [5, 5.41) is 3.72. The monoisotopic (exact) mass is 450 g/mol. The Hall–Kier alpha value is -1.83. The second kappa shape index (κ2) is 12.3. The molecule has 1 N–H and O–H groups in total. The summed E-state index contributed by atoms with van der Waals surface area (Å²) >= 11 is 6.09. The summed E-state index contributed by atoms with van der Waals surface area (Å²) in [6, 6.07) is 7.82. The number of piperazine rings is 1.